The van der Waals surface area contributed by atoms with E-state index in [2.05, 4.69) is 21.8 Å². The number of para-hydroxylation sites is 1. The average Bonchev–Trinajstić information content (AvgIpc) is 2.88. The first-order chi connectivity index (χ1) is 16.4. The standard InChI is InChI=1S/C26H29N3O4S/c1-21-18-24(34(31,32)27-19-22-8-4-2-5-9-22)12-13-25(21)33-20-26(30)29-16-14-28(15-17-29)23-10-6-3-7-11-23/h2-13,18,27H,14-17,19-20H2,1H3. The third kappa shape index (κ3) is 5.95. The predicted octanol–water partition coefficient (Wildman–Crippen LogP) is 3.20. The molecule has 1 heterocycles. The molecule has 0 bridgehead atoms. The van der Waals surface area contributed by atoms with Gasteiger partial charge in [0.05, 0.1) is 4.90 Å². The molecule has 0 atom stereocenters. The van der Waals surface area contributed by atoms with Crippen LogP contribution in [0.5, 0.6) is 5.75 Å². The molecule has 1 fully saturated rings. The van der Waals surface area contributed by atoms with Crippen LogP contribution in [0.25, 0.3) is 0 Å². The summed E-state index contributed by atoms with van der Waals surface area (Å²) in [6, 6.07) is 24.2. The molecule has 1 N–H and O–H groups in total. The number of sulfonamides is 1. The highest BCUT2D eigenvalue weighted by molar-refractivity contribution is 7.89. The van der Waals surface area contributed by atoms with Crippen LogP contribution in [0.1, 0.15) is 11.1 Å². The summed E-state index contributed by atoms with van der Waals surface area (Å²) in [6.45, 7) is 4.74. The first kappa shape index (κ1) is 23.8. The van der Waals surface area contributed by atoms with Crippen LogP contribution in [0, 0.1) is 6.92 Å². The molecule has 1 saturated heterocycles. The van der Waals surface area contributed by atoms with E-state index in [1.54, 1.807) is 24.0 Å². The Hall–Kier alpha value is -3.36. The molecular formula is C26H29N3O4S. The Labute approximate surface area is 201 Å². The first-order valence-electron chi connectivity index (χ1n) is 11.3. The number of anilines is 1. The number of nitrogens with one attached hydrogen (secondary N) is 1. The van der Waals surface area contributed by atoms with Gasteiger partial charge in [-0.05, 0) is 48.4 Å². The van der Waals surface area contributed by atoms with Crippen LogP contribution < -0.4 is 14.4 Å². The Bertz CT molecular complexity index is 1210. The van der Waals surface area contributed by atoms with Crippen molar-refractivity contribution in [3.63, 3.8) is 0 Å². The Morgan fingerprint density at radius 1 is 0.912 bits per heavy atom. The number of amides is 1. The van der Waals surface area contributed by atoms with Gasteiger partial charge in [-0.3, -0.25) is 4.79 Å². The number of nitrogens with zero attached hydrogens (tertiary/aromatic N) is 2. The lowest BCUT2D eigenvalue weighted by Gasteiger charge is -2.36. The highest BCUT2D eigenvalue weighted by Gasteiger charge is 2.22. The molecule has 4 rings (SSSR count). The smallest absolute Gasteiger partial charge is 0.260 e. The van der Waals surface area contributed by atoms with E-state index in [1.807, 2.05) is 48.5 Å². The number of benzene rings is 3. The van der Waals surface area contributed by atoms with Gasteiger partial charge in [0.15, 0.2) is 6.61 Å². The molecule has 7 nitrogen and oxygen atoms in total. The molecule has 3 aromatic carbocycles. The van der Waals surface area contributed by atoms with E-state index in [9.17, 15) is 13.2 Å². The maximum atomic E-state index is 12.7. The molecule has 0 spiro atoms. The van der Waals surface area contributed by atoms with Crippen LogP contribution in [0.15, 0.2) is 83.8 Å². The molecule has 8 heteroatoms. The van der Waals surface area contributed by atoms with Crippen molar-refractivity contribution in [3.05, 3.63) is 90.0 Å². The van der Waals surface area contributed by atoms with Crippen LogP contribution in [0.2, 0.25) is 0 Å². The van der Waals surface area contributed by atoms with Crippen LogP contribution in [-0.2, 0) is 21.4 Å². The summed E-state index contributed by atoms with van der Waals surface area (Å²) >= 11 is 0. The minimum atomic E-state index is -3.66. The van der Waals surface area contributed by atoms with Crippen molar-refractivity contribution in [1.29, 1.82) is 0 Å². The Morgan fingerprint density at radius 3 is 2.21 bits per heavy atom. The van der Waals surface area contributed by atoms with Crippen LogP contribution >= 0.6 is 0 Å². The normalized spacial score (nSPS) is 14.1. The second-order valence-corrected chi connectivity index (χ2v) is 10.00. The van der Waals surface area contributed by atoms with Crippen molar-refractivity contribution < 1.29 is 17.9 Å². The number of aryl methyl sites for hydroxylation is 1. The molecule has 1 aliphatic heterocycles. The molecule has 0 aromatic heterocycles. The SMILES string of the molecule is Cc1cc(S(=O)(=O)NCc2ccccc2)ccc1OCC(=O)N1CCN(c2ccccc2)CC1. The molecule has 0 radical (unpaired) electrons. The van der Waals surface area contributed by atoms with Gasteiger partial charge in [-0.2, -0.15) is 0 Å². The fraction of sp³-hybridized carbons (Fsp3) is 0.269. The molecule has 0 aliphatic carbocycles. The van der Waals surface area contributed by atoms with Crippen LogP contribution in [0.3, 0.4) is 0 Å². The minimum absolute atomic E-state index is 0.0756. The van der Waals surface area contributed by atoms with Gasteiger partial charge in [0.1, 0.15) is 5.75 Å². The van der Waals surface area contributed by atoms with Gasteiger partial charge in [-0.1, -0.05) is 48.5 Å². The molecular weight excluding hydrogens is 450 g/mol. The third-order valence-electron chi connectivity index (χ3n) is 5.87. The Morgan fingerprint density at radius 2 is 1.56 bits per heavy atom. The van der Waals surface area contributed by atoms with Crippen LogP contribution in [0.4, 0.5) is 5.69 Å². The van der Waals surface area contributed by atoms with Gasteiger partial charge >= 0.3 is 0 Å². The molecule has 178 valence electrons. The van der Waals surface area contributed by atoms with E-state index in [0.717, 1.165) is 24.3 Å². The number of hydrogen-bond donors (Lipinski definition) is 1. The van der Waals surface area contributed by atoms with Crippen molar-refractivity contribution in [2.24, 2.45) is 0 Å². The van der Waals surface area contributed by atoms with Crippen LogP contribution in [-0.4, -0.2) is 52.0 Å². The molecule has 0 unspecified atom stereocenters. The van der Waals surface area contributed by atoms with Gasteiger partial charge in [-0.15, -0.1) is 0 Å². The van der Waals surface area contributed by atoms with Gasteiger partial charge in [0.25, 0.3) is 5.91 Å². The monoisotopic (exact) mass is 479 g/mol. The highest BCUT2D eigenvalue weighted by Crippen LogP contribution is 2.22. The number of carbonyl (C=O) groups excluding carboxylic acids is 1. The maximum absolute atomic E-state index is 12.7. The summed E-state index contributed by atoms with van der Waals surface area (Å²) in [5.41, 5.74) is 2.70. The number of ether oxygens (including phenoxy) is 1. The number of hydrogen-bond acceptors (Lipinski definition) is 5. The fourth-order valence-electron chi connectivity index (χ4n) is 3.89. The van der Waals surface area contributed by atoms with Gasteiger partial charge < -0.3 is 14.5 Å². The summed E-state index contributed by atoms with van der Waals surface area (Å²) in [6.07, 6.45) is 0. The number of carbonyl (C=O) groups is 1. The second-order valence-electron chi connectivity index (χ2n) is 8.23. The minimum Gasteiger partial charge on any atom is -0.483 e. The third-order valence-corrected chi connectivity index (χ3v) is 7.27. The lowest BCUT2D eigenvalue weighted by Crippen LogP contribution is -2.50. The lowest BCUT2D eigenvalue weighted by molar-refractivity contribution is -0.133. The fourth-order valence-corrected chi connectivity index (χ4v) is 4.99. The van der Waals surface area contributed by atoms with E-state index in [4.69, 9.17) is 4.74 Å². The Balaban J connectivity index is 1.29. The van der Waals surface area contributed by atoms with Crippen molar-refractivity contribution >= 4 is 21.6 Å². The zero-order valence-electron chi connectivity index (χ0n) is 19.2. The molecule has 34 heavy (non-hydrogen) atoms. The summed E-state index contributed by atoms with van der Waals surface area (Å²) in [7, 11) is -3.66. The van der Waals surface area contributed by atoms with Gasteiger partial charge in [0.2, 0.25) is 10.0 Å². The summed E-state index contributed by atoms with van der Waals surface area (Å²) in [5.74, 6) is 0.423. The Kier molecular flexibility index (Phi) is 7.49. The quantitative estimate of drug-likeness (QED) is 0.537. The lowest BCUT2D eigenvalue weighted by atomic mass is 10.2. The summed E-state index contributed by atoms with van der Waals surface area (Å²) in [4.78, 5) is 16.9. The molecule has 1 amide bonds. The van der Waals surface area contributed by atoms with Crippen molar-refractivity contribution in [1.82, 2.24) is 9.62 Å². The van der Waals surface area contributed by atoms with Crippen molar-refractivity contribution in [2.75, 3.05) is 37.7 Å². The highest BCUT2D eigenvalue weighted by atomic mass is 32.2. The van der Waals surface area contributed by atoms with Crippen molar-refractivity contribution in [2.45, 2.75) is 18.4 Å². The largest absolute Gasteiger partial charge is 0.483 e. The average molecular weight is 480 g/mol. The number of rotatable bonds is 8. The number of piperazine rings is 1. The van der Waals surface area contributed by atoms with Gasteiger partial charge in [0, 0.05) is 38.4 Å². The summed E-state index contributed by atoms with van der Waals surface area (Å²) < 4.78 is 33.7. The summed E-state index contributed by atoms with van der Waals surface area (Å²) in [5, 5.41) is 0. The predicted molar refractivity (Wildman–Crippen MR) is 132 cm³/mol. The van der Waals surface area contributed by atoms with Crippen molar-refractivity contribution in [3.8, 4) is 5.75 Å². The van der Waals surface area contributed by atoms with E-state index in [1.165, 1.54) is 6.07 Å². The topological polar surface area (TPSA) is 78.9 Å². The second kappa shape index (κ2) is 10.7. The maximum Gasteiger partial charge on any atom is 0.260 e. The zero-order chi connectivity index (χ0) is 24.0. The molecule has 0 saturated carbocycles. The van der Waals surface area contributed by atoms with Gasteiger partial charge in [-0.25, -0.2) is 13.1 Å². The zero-order valence-corrected chi connectivity index (χ0v) is 20.0. The van der Waals surface area contributed by atoms with E-state index >= 15 is 0 Å². The van der Waals surface area contributed by atoms with E-state index in [0.29, 0.717) is 24.4 Å². The molecule has 1 aliphatic rings. The van der Waals surface area contributed by atoms with E-state index < -0.39 is 10.0 Å². The van der Waals surface area contributed by atoms with E-state index in [-0.39, 0.29) is 24.0 Å². The molecule has 3 aromatic rings. The first-order valence-corrected chi connectivity index (χ1v) is 12.8.